The van der Waals surface area contributed by atoms with E-state index < -0.39 is 0 Å². The Balaban J connectivity index is 1.70. The van der Waals surface area contributed by atoms with E-state index in [1.807, 2.05) is 0 Å². The quantitative estimate of drug-likeness (QED) is 0.564. The van der Waals surface area contributed by atoms with Gasteiger partial charge in [-0.25, -0.2) is 0 Å². The summed E-state index contributed by atoms with van der Waals surface area (Å²) in [7, 11) is 1.73. The van der Waals surface area contributed by atoms with E-state index in [4.69, 9.17) is 9.47 Å². The van der Waals surface area contributed by atoms with Crippen molar-refractivity contribution in [2.24, 2.45) is 5.92 Å². The lowest BCUT2D eigenvalue weighted by Crippen LogP contribution is -2.08. The lowest BCUT2D eigenvalue weighted by Gasteiger charge is -2.14. The Hall–Kier alpha value is -0.380. The molecule has 18 heavy (non-hydrogen) atoms. The molecule has 0 heterocycles. The van der Waals surface area contributed by atoms with Crippen LogP contribution in [0.3, 0.4) is 0 Å². The monoisotopic (exact) mass is 312 g/mol. The van der Waals surface area contributed by atoms with Gasteiger partial charge in [0.05, 0.1) is 0 Å². The van der Waals surface area contributed by atoms with E-state index in [1.165, 1.54) is 17.5 Å². The van der Waals surface area contributed by atoms with Crippen LogP contribution in [-0.4, -0.2) is 26.9 Å². The largest absolute Gasteiger partial charge is 0.385 e. The predicted molar refractivity (Wildman–Crippen MR) is 77.2 cm³/mol. The molecule has 1 aromatic rings. The van der Waals surface area contributed by atoms with E-state index in [1.54, 1.807) is 7.11 Å². The molecule has 3 heteroatoms. The van der Waals surface area contributed by atoms with Gasteiger partial charge in [-0.15, -0.1) is 0 Å². The molecule has 100 valence electrons. The van der Waals surface area contributed by atoms with Gasteiger partial charge >= 0.3 is 0 Å². The molecule has 0 fully saturated rings. The summed E-state index contributed by atoms with van der Waals surface area (Å²) in [5.74, 6) is 0.671. The molecule has 0 aromatic heterocycles. The number of ether oxygens (including phenoxy) is 2. The summed E-state index contributed by atoms with van der Waals surface area (Å²) in [6, 6.07) is 8.72. The minimum atomic E-state index is 0.497. The fourth-order valence-electron chi connectivity index (χ4n) is 2.52. The highest BCUT2D eigenvalue weighted by Gasteiger charge is 2.29. The molecule has 0 saturated heterocycles. The molecule has 2 atom stereocenters. The molecule has 0 spiro atoms. The van der Waals surface area contributed by atoms with Crippen LogP contribution >= 0.6 is 15.9 Å². The molecule has 1 aliphatic carbocycles. The minimum absolute atomic E-state index is 0.497. The highest BCUT2D eigenvalue weighted by molar-refractivity contribution is 9.09. The number of methoxy groups -OCH3 is 1. The van der Waals surface area contributed by atoms with Crippen molar-refractivity contribution in [1.82, 2.24) is 0 Å². The molecular weight excluding hydrogens is 292 g/mol. The van der Waals surface area contributed by atoms with E-state index in [-0.39, 0.29) is 0 Å². The summed E-state index contributed by atoms with van der Waals surface area (Å²) in [6.07, 6.45) is 3.28. The zero-order valence-electron chi connectivity index (χ0n) is 10.9. The van der Waals surface area contributed by atoms with Crippen LogP contribution in [0, 0.1) is 5.92 Å². The van der Waals surface area contributed by atoms with Crippen LogP contribution in [-0.2, 0) is 15.9 Å². The van der Waals surface area contributed by atoms with Crippen LogP contribution in [0.4, 0.5) is 0 Å². The molecule has 2 rings (SSSR count). The maximum Gasteiger partial charge on any atom is 0.0487 e. The van der Waals surface area contributed by atoms with Gasteiger partial charge in [-0.1, -0.05) is 40.2 Å². The first-order valence-corrected chi connectivity index (χ1v) is 7.53. The smallest absolute Gasteiger partial charge is 0.0487 e. The van der Waals surface area contributed by atoms with E-state index in [2.05, 4.69) is 40.2 Å². The van der Waals surface area contributed by atoms with Crippen LogP contribution < -0.4 is 0 Å². The van der Waals surface area contributed by atoms with Crippen LogP contribution in [0.1, 0.15) is 28.8 Å². The normalized spacial score (nSPS) is 22.1. The van der Waals surface area contributed by atoms with Gasteiger partial charge < -0.3 is 9.47 Å². The first-order valence-electron chi connectivity index (χ1n) is 6.61. The van der Waals surface area contributed by atoms with Gasteiger partial charge in [0.2, 0.25) is 0 Å². The van der Waals surface area contributed by atoms with E-state index in [0.29, 0.717) is 10.7 Å². The highest BCUT2D eigenvalue weighted by atomic mass is 79.9. The number of halogens is 1. The first kappa shape index (κ1) is 14.0. The average Bonchev–Trinajstić information content (AvgIpc) is 2.71. The molecule has 0 aliphatic heterocycles. The summed E-state index contributed by atoms with van der Waals surface area (Å²) < 4.78 is 10.6. The van der Waals surface area contributed by atoms with Gasteiger partial charge in [0.1, 0.15) is 0 Å². The van der Waals surface area contributed by atoms with Gasteiger partial charge in [-0.2, -0.15) is 0 Å². The number of fused-ring (bicyclic) bond motifs is 1. The third-order valence-electron chi connectivity index (χ3n) is 3.52. The van der Waals surface area contributed by atoms with Crippen molar-refractivity contribution in [1.29, 1.82) is 0 Å². The second-order valence-electron chi connectivity index (χ2n) is 4.81. The predicted octanol–water partition coefficient (Wildman–Crippen LogP) is 3.74. The molecule has 0 N–H and O–H groups in total. The molecule has 1 aliphatic rings. The zero-order valence-corrected chi connectivity index (χ0v) is 12.5. The molecule has 0 amide bonds. The lowest BCUT2D eigenvalue weighted by molar-refractivity contribution is 0.0943. The van der Waals surface area contributed by atoms with Crippen molar-refractivity contribution < 1.29 is 9.47 Å². The molecule has 0 bridgehead atoms. The maximum atomic E-state index is 5.64. The number of benzene rings is 1. The van der Waals surface area contributed by atoms with Crippen molar-refractivity contribution in [2.75, 3.05) is 26.9 Å². The number of alkyl halides is 1. The summed E-state index contributed by atoms with van der Waals surface area (Å²) in [6.45, 7) is 2.45. The molecule has 0 saturated carbocycles. The zero-order chi connectivity index (χ0) is 12.8. The van der Waals surface area contributed by atoms with E-state index >= 15 is 0 Å². The lowest BCUT2D eigenvalue weighted by atomic mass is 10.0. The Kier molecular flexibility index (Phi) is 5.67. The third kappa shape index (κ3) is 3.56. The topological polar surface area (TPSA) is 18.5 Å². The highest BCUT2D eigenvalue weighted by Crippen LogP contribution is 2.43. The summed E-state index contributed by atoms with van der Waals surface area (Å²) in [5, 5.41) is 0. The Bertz CT molecular complexity index is 367. The van der Waals surface area contributed by atoms with Crippen LogP contribution in [0.5, 0.6) is 0 Å². The molecule has 0 radical (unpaired) electrons. The van der Waals surface area contributed by atoms with Crippen molar-refractivity contribution >= 4 is 15.9 Å². The minimum Gasteiger partial charge on any atom is -0.385 e. The molecular formula is C15H21BrO2. The Morgan fingerprint density at radius 2 is 2.06 bits per heavy atom. The van der Waals surface area contributed by atoms with Crippen molar-refractivity contribution in [2.45, 2.75) is 24.1 Å². The van der Waals surface area contributed by atoms with Crippen LogP contribution in [0.25, 0.3) is 0 Å². The number of hydrogen-bond donors (Lipinski definition) is 0. The van der Waals surface area contributed by atoms with Gasteiger partial charge in [0.25, 0.3) is 0 Å². The van der Waals surface area contributed by atoms with Gasteiger partial charge in [-0.3, -0.25) is 0 Å². The first-order chi connectivity index (χ1) is 8.83. The van der Waals surface area contributed by atoms with Gasteiger partial charge in [0, 0.05) is 31.8 Å². The maximum absolute atomic E-state index is 5.64. The van der Waals surface area contributed by atoms with Crippen molar-refractivity contribution in [3.8, 4) is 0 Å². The van der Waals surface area contributed by atoms with E-state index in [9.17, 15) is 0 Å². The fourth-order valence-corrected chi connectivity index (χ4v) is 3.42. The standard InChI is InChI=1S/C15H21BrO2/c1-17-8-4-9-18-10-7-13-11-12-5-2-3-6-14(12)15(13)16/h2-3,5-6,13,15H,4,7-11H2,1H3. The van der Waals surface area contributed by atoms with Gasteiger partial charge in [-0.05, 0) is 36.3 Å². The second-order valence-corrected chi connectivity index (χ2v) is 5.80. The molecule has 1 aromatic carbocycles. The SMILES string of the molecule is COCCCOCCC1Cc2ccccc2C1Br. The molecule has 2 unspecified atom stereocenters. The number of rotatable bonds is 7. The third-order valence-corrected chi connectivity index (χ3v) is 4.76. The Labute approximate surface area is 118 Å². The second kappa shape index (κ2) is 7.27. The summed E-state index contributed by atoms with van der Waals surface area (Å²) in [4.78, 5) is 0.497. The number of hydrogen-bond acceptors (Lipinski definition) is 2. The summed E-state index contributed by atoms with van der Waals surface area (Å²) in [5.41, 5.74) is 2.95. The van der Waals surface area contributed by atoms with Crippen LogP contribution in [0.15, 0.2) is 24.3 Å². The van der Waals surface area contributed by atoms with Gasteiger partial charge in [0.15, 0.2) is 0 Å². The Morgan fingerprint density at radius 1 is 1.22 bits per heavy atom. The average molecular weight is 313 g/mol. The summed E-state index contributed by atoms with van der Waals surface area (Å²) >= 11 is 3.82. The van der Waals surface area contributed by atoms with Crippen molar-refractivity contribution in [3.63, 3.8) is 0 Å². The Morgan fingerprint density at radius 3 is 2.83 bits per heavy atom. The molecule has 2 nitrogen and oxygen atoms in total. The van der Waals surface area contributed by atoms with Crippen molar-refractivity contribution in [3.05, 3.63) is 35.4 Å². The van der Waals surface area contributed by atoms with E-state index in [0.717, 1.165) is 32.7 Å². The van der Waals surface area contributed by atoms with Crippen LogP contribution in [0.2, 0.25) is 0 Å². The fraction of sp³-hybridized carbons (Fsp3) is 0.600.